The van der Waals surface area contributed by atoms with Gasteiger partial charge >= 0.3 is 0 Å². The van der Waals surface area contributed by atoms with Crippen LogP contribution < -0.4 is 15.8 Å². The zero-order valence-electron chi connectivity index (χ0n) is 12.6. The monoisotopic (exact) mass is 334 g/mol. The van der Waals surface area contributed by atoms with Crippen molar-refractivity contribution in [3.63, 3.8) is 0 Å². The number of hydrogen-bond acceptors (Lipinski definition) is 3. The van der Waals surface area contributed by atoms with E-state index in [-0.39, 0.29) is 30.3 Å². The molecule has 0 aromatic heterocycles. The maximum Gasteiger partial charge on any atom is 0.237 e. The predicted octanol–water partition coefficient (Wildman–Crippen LogP) is 3.02. The van der Waals surface area contributed by atoms with Gasteiger partial charge in [0, 0.05) is 5.02 Å². The lowest BCUT2D eigenvalue weighted by Crippen LogP contribution is -2.47. The third-order valence-corrected chi connectivity index (χ3v) is 3.49. The molecule has 21 heavy (non-hydrogen) atoms. The number of halogens is 2. The zero-order valence-corrected chi connectivity index (χ0v) is 14.2. The first kappa shape index (κ1) is 20.0. The van der Waals surface area contributed by atoms with Gasteiger partial charge in [0.1, 0.15) is 11.9 Å². The van der Waals surface area contributed by atoms with Gasteiger partial charge in [0.05, 0.1) is 12.6 Å². The molecule has 0 aliphatic carbocycles. The minimum atomic E-state index is -0.474. The number of carbonyl (C=O) groups excluding carboxylic acids is 1. The van der Waals surface area contributed by atoms with Crippen molar-refractivity contribution in [2.45, 2.75) is 39.3 Å². The number of nitrogens with two attached hydrogens (primary N) is 1. The van der Waals surface area contributed by atoms with Crippen LogP contribution in [0.5, 0.6) is 5.75 Å². The molecule has 0 aliphatic heterocycles. The number of amides is 1. The quantitative estimate of drug-likeness (QED) is 0.805. The molecule has 3 unspecified atom stereocenters. The van der Waals surface area contributed by atoms with E-state index in [9.17, 15) is 4.79 Å². The van der Waals surface area contributed by atoms with Crippen LogP contribution in [0.2, 0.25) is 5.02 Å². The molecule has 0 aliphatic rings. The van der Waals surface area contributed by atoms with Gasteiger partial charge in [-0.3, -0.25) is 4.79 Å². The minimum absolute atomic E-state index is 0. The van der Waals surface area contributed by atoms with E-state index in [1.54, 1.807) is 12.1 Å². The van der Waals surface area contributed by atoms with Gasteiger partial charge in [-0.15, -0.1) is 12.4 Å². The smallest absolute Gasteiger partial charge is 0.237 e. The van der Waals surface area contributed by atoms with Crippen molar-refractivity contribution in [2.24, 2.45) is 11.7 Å². The summed E-state index contributed by atoms with van der Waals surface area (Å²) in [6.45, 7) is 6.28. The van der Waals surface area contributed by atoms with Crippen LogP contribution in [0.15, 0.2) is 24.3 Å². The van der Waals surface area contributed by atoms with Crippen LogP contribution >= 0.6 is 24.0 Å². The first-order valence-electron chi connectivity index (χ1n) is 6.89. The molecule has 0 heterocycles. The summed E-state index contributed by atoms with van der Waals surface area (Å²) in [5.41, 5.74) is 5.86. The molecule has 0 radical (unpaired) electrons. The minimum Gasteiger partial charge on any atom is -0.489 e. The lowest BCUT2D eigenvalue weighted by atomic mass is 9.99. The zero-order chi connectivity index (χ0) is 15.1. The Morgan fingerprint density at radius 1 is 1.43 bits per heavy atom. The molecule has 120 valence electrons. The Labute approximate surface area is 137 Å². The molecule has 0 saturated carbocycles. The third-order valence-electron chi connectivity index (χ3n) is 3.26. The summed E-state index contributed by atoms with van der Waals surface area (Å²) in [7, 11) is 0. The van der Waals surface area contributed by atoms with Crippen molar-refractivity contribution in [1.29, 1.82) is 0 Å². The maximum atomic E-state index is 11.8. The number of nitrogens with one attached hydrogen (secondary N) is 1. The molecular formula is C15H24Cl2N2O2. The SMILES string of the molecule is CCC(C)C(N)C(=O)NCC(C)Oc1cccc(Cl)c1.Cl. The van der Waals surface area contributed by atoms with E-state index in [1.165, 1.54) is 0 Å². The lowest BCUT2D eigenvalue weighted by molar-refractivity contribution is -0.123. The van der Waals surface area contributed by atoms with Crippen molar-refractivity contribution < 1.29 is 9.53 Å². The molecule has 1 aromatic carbocycles. The Balaban J connectivity index is 0.00000400. The highest BCUT2D eigenvalue weighted by Gasteiger charge is 2.19. The first-order chi connectivity index (χ1) is 9.43. The average molecular weight is 335 g/mol. The molecule has 4 nitrogen and oxygen atoms in total. The van der Waals surface area contributed by atoms with E-state index in [0.717, 1.165) is 6.42 Å². The fraction of sp³-hybridized carbons (Fsp3) is 0.533. The molecule has 0 spiro atoms. The van der Waals surface area contributed by atoms with Crippen LogP contribution in [-0.2, 0) is 4.79 Å². The first-order valence-corrected chi connectivity index (χ1v) is 7.27. The normalized spacial score (nSPS) is 14.5. The van der Waals surface area contributed by atoms with E-state index in [2.05, 4.69) is 5.32 Å². The van der Waals surface area contributed by atoms with Crippen LogP contribution in [0.3, 0.4) is 0 Å². The Morgan fingerprint density at radius 2 is 2.10 bits per heavy atom. The Hall–Kier alpha value is -0.970. The fourth-order valence-corrected chi connectivity index (χ4v) is 1.87. The van der Waals surface area contributed by atoms with Crippen LogP contribution in [0.4, 0.5) is 0 Å². The molecule has 3 N–H and O–H groups in total. The summed E-state index contributed by atoms with van der Waals surface area (Å²) >= 11 is 5.88. The molecule has 3 atom stereocenters. The van der Waals surface area contributed by atoms with E-state index < -0.39 is 6.04 Å². The third kappa shape index (κ3) is 7.02. The lowest BCUT2D eigenvalue weighted by Gasteiger charge is -2.20. The number of ether oxygens (including phenoxy) is 1. The molecule has 1 rings (SSSR count). The predicted molar refractivity (Wildman–Crippen MR) is 89.2 cm³/mol. The van der Waals surface area contributed by atoms with E-state index in [0.29, 0.717) is 17.3 Å². The van der Waals surface area contributed by atoms with Gasteiger partial charge < -0.3 is 15.8 Å². The number of carbonyl (C=O) groups is 1. The van der Waals surface area contributed by atoms with Crippen LogP contribution in [0, 0.1) is 5.92 Å². The van der Waals surface area contributed by atoms with Gasteiger partial charge in [0.15, 0.2) is 0 Å². The number of benzene rings is 1. The van der Waals surface area contributed by atoms with Gasteiger partial charge in [-0.25, -0.2) is 0 Å². The molecule has 1 amide bonds. The van der Waals surface area contributed by atoms with Gasteiger partial charge in [0.25, 0.3) is 0 Å². The summed E-state index contributed by atoms with van der Waals surface area (Å²) < 4.78 is 5.67. The van der Waals surface area contributed by atoms with Crippen LogP contribution in [0.25, 0.3) is 0 Å². The van der Waals surface area contributed by atoms with Crippen LogP contribution in [-0.4, -0.2) is 24.6 Å². The number of hydrogen-bond donors (Lipinski definition) is 2. The van der Waals surface area contributed by atoms with E-state index >= 15 is 0 Å². The second-order valence-electron chi connectivity index (χ2n) is 5.04. The van der Waals surface area contributed by atoms with Gasteiger partial charge in [-0.1, -0.05) is 37.9 Å². The topological polar surface area (TPSA) is 64.4 Å². The largest absolute Gasteiger partial charge is 0.489 e. The Morgan fingerprint density at radius 3 is 2.67 bits per heavy atom. The van der Waals surface area contributed by atoms with Gasteiger partial charge in [-0.2, -0.15) is 0 Å². The maximum absolute atomic E-state index is 11.8. The Bertz CT molecular complexity index is 443. The highest BCUT2D eigenvalue weighted by Crippen LogP contribution is 2.18. The van der Waals surface area contributed by atoms with E-state index in [4.69, 9.17) is 22.1 Å². The summed E-state index contributed by atoms with van der Waals surface area (Å²) in [6, 6.07) is 6.70. The van der Waals surface area contributed by atoms with Crippen molar-refractivity contribution in [3.8, 4) is 5.75 Å². The molecule has 1 aromatic rings. The second-order valence-corrected chi connectivity index (χ2v) is 5.48. The highest BCUT2D eigenvalue weighted by molar-refractivity contribution is 6.30. The fourth-order valence-electron chi connectivity index (χ4n) is 1.69. The summed E-state index contributed by atoms with van der Waals surface area (Å²) in [4.78, 5) is 11.8. The van der Waals surface area contributed by atoms with E-state index in [1.807, 2.05) is 32.9 Å². The van der Waals surface area contributed by atoms with Gasteiger partial charge in [-0.05, 0) is 31.0 Å². The molecular weight excluding hydrogens is 311 g/mol. The summed E-state index contributed by atoms with van der Waals surface area (Å²) in [5.74, 6) is 0.713. The van der Waals surface area contributed by atoms with Crippen molar-refractivity contribution in [3.05, 3.63) is 29.3 Å². The van der Waals surface area contributed by atoms with Crippen molar-refractivity contribution >= 4 is 29.9 Å². The molecule has 0 fully saturated rings. The molecule has 0 saturated heterocycles. The second kappa shape index (κ2) is 9.87. The summed E-state index contributed by atoms with van der Waals surface area (Å²) in [5, 5.41) is 3.43. The average Bonchev–Trinajstić information content (AvgIpc) is 2.43. The van der Waals surface area contributed by atoms with Gasteiger partial charge in [0.2, 0.25) is 5.91 Å². The number of rotatable bonds is 7. The van der Waals surface area contributed by atoms with Crippen molar-refractivity contribution in [1.82, 2.24) is 5.32 Å². The standard InChI is InChI=1S/C15H23ClN2O2.ClH/c1-4-10(2)14(17)15(19)18-9-11(3)20-13-7-5-6-12(16)8-13;/h5-8,10-11,14H,4,9,17H2,1-3H3,(H,18,19);1H. The van der Waals surface area contributed by atoms with Crippen LogP contribution in [0.1, 0.15) is 27.2 Å². The molecule has 0 bridgehead atoms. The highest BCUT2D eigenvalue weighted by atomic mass is 35.5. The Kier molecular flexibility index (Phi) is 9.42. The summed E-state index contributed by atoms with van der Waals surface area (Å²) in [6.07, 6.45) is 0.727. The molecule has 6 heteroatoms. The van der Waals surface area contributed by atoms with Crippen molar-refractivity contribution in [2.75, 3.05) is 6.54 Å².